The number of anilines is 2. The molecule has 0 amide bonds. The number of nitrogens with zero attached hydrogens (tertiary/aromatic N) is 3. The molecular formula is C12H21N5O3. The number of aliphatic hydroxyl groups is 1. The van der Waals surface area contributed by atoms with E-state index in [1.54, 1.807) is 6.92 Å². The fraction of sp³-hybridized carbons (Fsp3) is 0.667. The Kier molecular flexibility index (Phi) is 6.10. The van der Waals surface area contributed by atoms with Gasteiger partial charge in [-0.05, 0) is 26.7 Å². The Labute approximate surface area is 117 Å². The minimum Gasteiger partial charge on any atom is -0.393 e. The van der Waals surface area contributed by atoms with Gasteiger partial charge in [-0.3, -0.25) is 10.1 Å². The van der Waals surface area contributed by atoms with Crippen LogP contribution in [0.3, 0.4) is 0 Å². The van der Waals surface area contributed by atoms with Gasteiger partial charge in [0, 0.05) is 13.1 Å². The van der Waals surface area contributed by atoms with E-state index in [0.29, 0.717) is 37.6 Å². The van der Waals surface area contributed by atoms with Crippen LogP contribution in [0, 0.1) is 17.0 Å². The van der Waals surface area contributed by atoms with Crippen LogP contribution in [0.4, 0.5) is 17.5 Å². The highest BCUT2D eigenvalue weighted by atomic mass is 16.6. The van der Waals surface area contributed by atoms with Crippen molar-refractivity contribution < 1.29 is 10.0 Å². The van der Waals surface area contributed by atoms with E-state index in [2.05, 4.69) is 20.6 Å². The van der Waals surface area contributed by atoms with Gasteiger partial charge < -0.3 is 15.7 Å². The zero-order chi connectivity index (χ0) is 15.1. The van der Waals surface area contributed by atoms with E-state index < -0.39 is 11.0 Å². The van der Waals surface area contributed by atoms with Gasteiger partial charge >= 0.3 is 5.69 Å². The van der Waals surface area contributed by atoms with Crippen molar-refractivity contribution in [2.24, 2.45) is 0 Å². The molecule has 8 nitrogen and oxygen atoms in total. The average Bonchev–Trinajstić information content (AvgIpc) is 2.37. The summed E-state index contributed by atoms with van der Waals surface area (Å²) in [5.74, 6) is 0.538. The van der Waals surface area contributed by atoms with Crippen LogP contribution in [-0.4, -0.2) is 39.2 Å². The number of nitro groups is 1. The summed E-state index contributed by atoms with van der Waals surface area (Å²) >= 11 is 0. The highest BCUT2D eigenvalue weighted by molar-refractivity contribution is 5.60. The van der Waals surface area contributed by atoms with Crippen LogP contribution in [0.25, 0.3) is 0 Å². The Hall–Kier alpha value is -1.96. The quantitative estimate of drug-likeness (QED) is 0.491. The van der Waals surface area contributed by atoms with E-state index in [1.807, 2.05) is 13.8 Å². The molecule has 8 heteroatoms. The maximum absolute atomic E-state index is 11.1. The SMILES string of the molecule is CCNc1nc(C)c([N+](=O)[O-])c(NCCC(O)CC)n1. The van der Waals surface area contributed by atoms with Gasteiger partial charge in [0.15, 0.2) is 0 Å². The highest BCUT2D eigenvalue weighted by Gasteiger charge is 2.21. The first kappa shape index (κ1) is 16.1. The van der Waals surface area contributed by atoms with Gasteiger partial charge in [-0.2, -0.15) is 4.98 Å². The highest BCUT2D eigenvalue weighted by Crippen LogP contribution is 2.26. The lowest BCUT2D eigenvalue weighted by molar-refractivity contribution is -0.385. The molecule has 1 unspecified atom stereocenters. The molecule has 0 radical (unpaired) electrons. The minimum absolute atomic E-state index is 0.127. The largest absolute Gasteiger partial charge is 0.393 e. The Morgan fingerprint density at radius 1 is 1.35 bits per heavy atom. The van der Waals surface area contributed by atoms with Crippen molar-refractivity contribution in [3.63, 3.8) is 0 Å². The van der Waals surface area contributed by atoms with E-state index in [9.17, 15) is 15.2 Å². The number of hydrogen-bond acceptors (Lipinski definition) is 7. The normalized spacial score (nSPS) is 12.0. The lowest BCUT2D eigenvalue weighted by atomic mass is 10.2. The van der Waals surface area contributed by atoms with Crippen LogP contribution < -0.4 is 10.6 Å². The molecule has 1 rings (SSSR count). The molecule has 0 saturated heterocycles. The van der Waals surface area contributed by atoms with Gasteiger partial charge in [-0.25, -0.2) is 4.98 Å². The van der Waals surface area contributed by atoms with Crippen molar-refractivity contribution in [3.8, 4) is 0 Å². The molecule has 1 atom stereocenters. The van der Waals surface area contributed by atoms with Crippen molar-refractivity contribution in [3.05, 3.63) is 15.8 Å². The molecule has 0 aliphatic rings. The summed E-state index contributed by atoms with van der Waals surface area (Å²) in [5.41, 5.74) is 0.178. The summed E-state index contributed by atoms with van der Waals surface area (Å²) in [4.78, 5) is 18.7. The third-order valence-electron chi connectivity index (χ3n) is 2.82. The minimum atomic E-state index is -0.496. The molecule has 0 aliphatic heterocycles. The molecule has 1 aromatic rings. The van der Waals surface area contributed by atoms with E-state index in [1.165, 1.54) is 0 Å². The van der Waals surface area contributed by atoms with E-state index >= 15 is 0 Å². The first-order valence-electron chi connectivity index (χ1n) is 6.68. The summed E-state index contributed by atoms with van der Waals surface area (Å²) in [6, 6.07) is 0. The van der Waals surface area contributed by atoms with Crippen LogP contribution in [0.5, 0.6) is 0 Å². The smallest absolute Gasteiger partial charge is 0.332 e. The fourth-order valence-electron chi connectivity index (χ4n) is 1.71. The predicted octanol–water partition coefficient (Wildman–Crippen LogP) is 1.70. The number of aryl methyl sites for hydroxylation is 1. The second-order valence-corrected chi connectivity index (χ2v) is 4.39. The number of nitrogens with one attached hydrogen (secondary N) is 2. The molecule has 1 aromatic heterocycles. The number of aromatic nitrogens is 2. The standard InChI is InChI=1S/C12H21N5O3/c1-4-9(18)6-7-14-11-10(17(19)20)8(3)15-12(16-11)13-5-2/h9,18H,4-7H2,1-3H3,(H2,13,14,15,16). The van der Waals surface area contributed by atoms with Crippen LogP contribution >= 0.6 is 0 Å². The summed E-state index contributed by atoms with van der Waals surface area (Å²) in [6.07, 6.45) is 0.736. The summed E-state index contributed by atoms with van der Waals surface area (Å²) in [5, 5.41) is 26.4. The molecule has 0 aliphatic carbocycles. The Morgan fingerprint density at radius 2 is 2.05 bits per heavy atom. The van der Waals surface area contributed by atoms with E-state index in [-0.39, 0.29) is 11.5 Å². The Bertz CT molecular complexity index is 467. The third-order valence-corrected chi connectivity index (χ3v) is 2.82. The predicted molar refractivity (Wildman–Crippen MR) is 77.0 cm³/mol. The second kappa shape index (κ2) is 7.59. The molecule has 112 valence electrons. The van der Waals surface area contributed by atoms with Crippen LogP contribution in [0.2, 0.25) is 0 Å². The molecule has 0 fully saturated rings. The molecule has 0 aromatic carbocycles. The summed E-state index contributed by atoms with van der Waals surface area (Å²) < 4.78 is 0. The van der Waals surface area contributed by atoms with E-state index in [4.69, 9.17) is 0 Å². The monoisotopic (exact) mass is 283 g/mol. The van der Waals surface area contributed by atoms with Crippen LogP contribution in [0.1, 0.15) is 32.4 Å². The molecule has 3 N–H and O–H groups in total. The van der Waals surface area contributed by atoms with Crippen molar-refractivity contribution in [2.75, 3.05) is 23.7 Å². The number of aliphatic hydroxyl groups excluding tert-OH is 1. The lowest BCUT2D eigenvalue weighted by Gasteiger charge is -2.11. The average molecular weight is 283 g/mol. The van der Waals surface area contributed by atoms with E-state index in [0.717, 1.165) is 0 Å². The number of rotatable bonds is 8. The summed E-state index contributed by atoms with van der Waals surface area (Å²) in [6.45, 7) is 6.39. The first-order valence-corrected chi connectivity index (χ1v) is 6.68. The van der Waals surface area contributed by atoms with Crippen molar-refractivity contribution in [1.82, 2.24) is 9.97 Å². The molecule has 20 heavy (non-hydrogen) atoms. The molecule has 0 spiro atoms. The zero-order valence-corrected chi connectivity index (χ0v) is 12.0. The molecule has 1 heterocycles. The number of hydrogen-bond donors (Lipinski definition) is 3. The second-order valence-electron chi connectivity index (χ2n) is 4.39. The van der Waals surface area contributed by atoms with Crippen molar-refractivity contribution >= 4 is 17.5 Å². The fourth-order valence-corrected chi connectivity index (χ4v) is 1.71. The van der Waals surface area contributed by atoms with Crippen LogP contribution in [-0.2, 0) is 0 Å². The van der Waals surface area contributed by atoms with Crippen LogP contribution in [0.15, 0.2) is 0 Å². The first-order chi connectivity index (χ1) is 9.49. The molecule has 0 bridgehead atoms. The van der Waals surface area contributed by atoms with Gasteiger partial charge in [-0.15, -0.1) is 0 Å². The third kappa shape index (κ3) is 4.30. The van der Waals surface area contributed by atoms with Gasteiger partial charge in [0.2, 0.25) is 11.8 Å². The Morgan fingerprint density at radius 3 is 2.60 bits per heavy atom. The Balaban J connectivity index is 2.92. The van der Waals surface area contributed by atoms with Crippen molar-refractivity contribution in [1.29, 1.82) is 0 Å². The maximum atomic E-state index is 11.1. The van der Waals surface area contributed by atoms with Gasteiger partial charge in [0.25, 0.3) is 0 Å². The van der Waals surface area contributed by atoms with Gasteiger partial charge in [-0.1, -0.05) is 6.92 Å². The topological polar surface area (TPSA) is 113 Å². The molecule has 0 saturated carbocycles. The molecular weight excluding hydrogens is 262 g/mol. The lowest BCUT2D eigenvalue weighted by Crippen LogP contribution is -2.15. The van der Waals surface area contributed by atoms with Gasteiger partial charge in [0.1, 0.15) is 5.69 Å². The summed E-state index contributed by atoms with van der Waals surface area (Å²) in [7, 11) is 0. The van der Waals surface area contributed by atoms with Gasteiger partial charge in [0.05, 0.1) is 11.0 Å². The van der Waals surface area contributed by atoms with Crippen molar-refractivity contribution in [2.45, 2.75) is 39.7 Å². The maximum Gasteiger partial charge on any atom is 0.332 e. The zero-order valence-electron chi connectivity index (χ0n) is 12.0.